The van der Waals surface area contributed by atoms with E-state index in [0.717, 1.165) is 28.9 Å². The van der Waals surface area contributed by atoms with E-state index in [1.54, 1.807) is 12.1 Å². The third-order valence-electron chi connectivity index (χ3n) is 3.65. The fraction of sp³-hybridized carbons (Fsp3) is 0.250. The average Bonchev–Trinajstić information content (AvgIpc) is 2.91. The molecule has 0 aliphatic carbocycles. The SMILES string of the molecule is CNC(c1ccc(F)c(Br)c1)c1cc(Cl)cc2c1OCC2. The molecule has 21 heavy (non-hydrogen) atoms. The predicted octanol–water partition coefficient (Wildman–Crippen LogP) is 4.49. The van der Waals surface area contributed by atoms with Crippen LogP contribution in [-0.2, 0) is 6.42 Å². The molecule has 110 valence electrons. The smallest absolute Gasteiger partial charge is 0.137 e. The van der Waals surface area contributed by atoms with Gasteiger partial charge in [-0.15, -0.1) is 0 Å². The van der Waals surface area contributed by atoms with E-state index in [1.165, 1.54) is 6.07 Å². The lowest BCUT2D eigenvalue weighted by Gasteiger charge is -2.20. The van der Waals surface area contributed by atoms with Crippen molar-refractivity contribution in [3.63, 3.8) is 0 Å². The summed E-state index contributed by atoms with van der Waals surface area (Å²) in [7, 11) is 1.87. The molecular weight excluding hydrogens is 357 g/mol. The molecule has 1 unspecified atom stereocenters. The molecule has 0 amide bonds. The Balaban J connectivity index is 2.10. The van der Waals surface area contributed by atoms with Crippen LogP contribution in [-0.4, -0.2) is 13.7 Å². The predicted molar refractivity (Wildman–Crippen MR) is 85.7 cm³/mol. The van der Waals surface area contributed by atoms with Gasteiger partial charge in [-0.3, -0.25) is 0 Å². The lowest BCUT2D eigenvalue weighted by Crippen LogP contribution is -2.18. The Bertz CT molecular complexity index is 692. The van der Waals surface area contributed by atoms with E-state index < -0.39 is 0 Å². The van der Waals surface area contributed by atoms with Crippen molar-refractivity contribution in [1.29, 1.82) is 0 Å². The Morgan fingerprint density at radius 2 is 2.14 bits per heavy atom. The van der Waals surface area contributed by atoms with E-state index in [9.17, 15) is 4.39 Å². The minimum atomic E-state index is -0.277. The first kappa shape index (κ1) is 14.8. The number of ether oxygens (including phenoxy) is 1. The van der Waals surface area contributed by atoms with Crippen molar-refractivity contribution < 1.29 is 9.13 Å². The van der Waals surface area contributed by atoms with Gasteiger partial charge in [-0.1, -0.05) is 17.7 Å². The summed E-state index contributed by atoms with van der Waals surface area (Å²) in [6.45, 7) is 0.673. The summed E-state index contributed by atoms with van der Waals surface area (Å²) in [6, 6.07) is 8.75. The Kier molecular flexibility index (Phi) is 4.20. The summed E-state index contributed by atoms with van der Waals surface area (Å²) in [5.41, 5.74) is 3.06. The first-order valence-corrected chi connectivity index (χ1v) is 7.84. The molecule has 2 aromatic carbocycles. The van der Waals surface area contributed by atoms with Gasteiger partial charge in [0.1, 0.15) is 11.6 Å². The van der Waals surface area contributed by atoms with E-state index in [0.29, 0.717) is 16.1 Å². The van der Waals surface area contributed by atoms with Gasteiger partial charge in [0.25, 0.3) is 0 Å². The molecule has 1 aliphatic heterocycles. The average molecular weight is 371 g/mol. The van der Waals surface area contributed by atoms with Crippen LogP contribution >= 0.6 is 27.5 Å². The van der Waals surface area contributed by atoms with E-state index in [4.69, 9.17) is 16.3 Å². The highest BCUT2D eigenvalue weighted by atomic mass is 79.9. The molecule has 1 N–H and O–H groups in total. The van der Waals surface area contributed by atoms with E-state index in [1.807, 2.05) is 19.2 Å². The maximum absolute atomic E-state index is 13.4. The van der Waals surface area contributed by atoms with Gasteiger partial charge < -0.3 is 10.1 Å². The van der Waals surface area contributed by atoms with Crippen LogP contribution in [0.25, 0.3) is 0 Å². The van der Waals surface area contributed by atoms with Gasteiger partial charge in [-0.25, -0.2) is 4.39 Å². The van der Waals surface area contributed by atoms with Crippen LogP contribution in [0.1, 0.15) is 22.7 Å². The molecule has 1 atom stereocenters. The van der Waals surface area contributed by atoms with Crippen LogP contribution in [0, 0.1) is 5.82 Å². The van der Waals surface area contributed by atoms with Gasteiger partial charge in [-0.2, -0.15) is 0 Å². The van der Waals surface area contributed by atoms with Crippen molar-refractivity contribution in [3.05, 3.63) is 62.3 Å². The second-order valence-electron chi connectivity index (χ2n) is 4.98. The molecule has 0 spiro atoms. The highest BCUT2D eigenvalue weighted by Gasteiger charge is 2.24. The molecule has 2 aromatic rings. The van der Waals surface area contributed by atoms with E-state index in [2.05, 4.69) is 21.2 Å². The third-order valence-corrected chi connectivity index (χ3v) is 4.48. The number of halogens is 3. The molecule has 2 nitrogen and oxygen atoms in total. The maximum atomic E-state index is 13.4. The molecule has 1 heterocycles. The minimum absolute atomic E-state index is 0.104. The van der Waals surface area contributed by atoms with Crippen LogP contribution < -0.4 is 10.1 Å². The molecule has 0 saturated carbocycles. The molecule has 3 rings (SSSR count). The molecule has 0 fully saturated rings. The van der Waals surface area contributed by atoms with Gasteiger partial charge >= 0.3 is 0 Å². The Morgan fingerprint density at radius 3 is 2.86 bits per heavy atom. The van der Waals surface area contributed by atoms with Crippen LogP contribution in [0.2, 0.25) is 5.02 Å². The van der Waals surface area contributed by atoms with Crippen LogP contribution in [0.3, 0.4) is 0 Å². The van der Waals surface area contributed by atoms with Gasteiger partial charge in [0.15, 0.2) is 0 Å². The van der Waals surface area contributed by atoms with Crippen molar-refractivity contribution in [1.82, 2.24) is 5.32 Å². The normalized spacial score (nSPS) is 14.7. The van der Waals surface area contributed by atoms with Crippen molar-refractivity contribution in [2.24, 2.45) is 0 Å². The second kappa shape index (κ2) is 5.95. The zero-order valence-electron chi connectivity index (χ0n) is 11.4. The maximum Gasteiger partial charge on any atom is 0.137 e. The molecular formula is C16H14BrClFNO. The minimum Gasteiger partial charge on any atom is -0.493 e. The summed E-state index contributed by atoms with van der Waals surface area (Å²) in [5, 5.41) is 3.95. The first-order valence-electron chi connectivity index (χ1n) is 6.67. The molecule has 5 heteroatoms. The Hall–Kier alpha value is -1.10. The quantitative estimate of drug-likeness (QED) is 0.860. The van der Waals surface area contributed by atoms with Crippen LogP contribution in [0.15, 0.2) is 34.8 Å². The highest BCUT2D eigenvalue weighted by molar-refractivity contribution is 9.10. The van der Waals surface area contributed by atoms with Gasteiger partial charge in [0.05, 0.1) is 17.1 Å². The van der Waals surface area contributed by atoms with E-state index in [-0.39, 0.29) is 11.9 Å². The summed E-state index contributed by atoms with van der Waals surface area (Å²) >= 11 is 9.45. The van der Waals surface area contributed by atoms with Gasteiger partial charge in [0.2, 0.25) is 0 Å². The van der Waals surface area contributed by atoms with Crippen molar-refractivity contribution >= 4 is 27.5 Å². The number of hydrogen-bond donors (Lipinski definition) is 1. The number of benzene rings is 2. The number of nitrogens with one attached hydrogen (secondary N) is 1. The monoisotopic (exact) mass is 369 g/mol. The van der Waals surface area contributed by atoms with E-state index >= 15 is 0 Å². The van der Waals surface area contributed by atoms with Crippen LogP contribution in [0.5, 0.6) is 5.75 Å². The fourth-order valence-electron chi connectivity index (χ4n) is 2.71. The van der Waals surface area contributed by atoms with Gasteiger partial charge in [0, 0.05) is 17.0 Å². The number of hydrogen-bond acceptors (Lipinski definition) is 2. The molecule has 0 bridgehead atoms. The fourth-order valence-corrected chi connectivity index (χ4v) is 3.35. The molecule has 1 aliphatic rings. The van der Waals surface area contributed by atoms with Crippen molar-refractivity contribution in [2.45, 2.75) is 12.5 Å². The van der Waals surface area contributed by atoms with Crippen LogP contribution in [0.4, 0.5) is 4.39 Å². The summed E-state index contributed by atoms with van der Waals surface area (Å²) in [6.07, 6.45) is 0.867. The third kappa shape index (κ3) is 2.80. The summed E-state index contributed by atoms with van der Waals surface area (Å²) in [4.78, 5) is 0. The largest absolute Gasteiger partial charge is 0.493 e. The molecule has 0 saturated heterocycles. The lowest BCUT2D eigenvalue weighted by molar-refractivity contribution is 0.351. The summed E-state index contributed by atoms with van der Waals surface area (Å²) in [5.74, 6) is 0.611. The highest BCUT2D eigenvalue weighted by Crippen LogP contribution is 2.39. The zero-order valence-corrected chi connectivity index (χ0v) is 13.8. The first-order chi connectivity index (χ1) is 10.1. The van der Waals surface area contributed by atoms with Gasteiger partial charge in [-0.05, 0) is 58.4 Å². The standard InChI is InChI=1S/C16H14BrClFNO/c1-20-15(9-2-3-14(19)13(17)7-9)12-8-11(18)6-10-4-5-21-16(10)12/h2-3,6-8,15,20H,4-5H2,1H3. The molecule has 0 aromatic heterocycles. The number of rotatable bonds is 3. The topological polar surface area (TPSA) is 21.3 Å². The summed E-state index contributed by atoms with van der Waals surface area (Å²) < 4.78 is 19.6. The lowest BCUT2D eigenvalue weighted by atomic mass is 9.96. The number of fused-ring (bicyclic) bond motifs is 1. The Labute approximate surface area is 136 Å². The zero-order chi connectivity index (χ0) is 15.0. The molecule has 0 radical (unpaired) electrons. The van der Waals surface area contributed by atoms with Crippen molar-refractivity contribution in [3.8, 4) is 5.75 Å². The Morgan fingerprint density at radius 1 is 1.33 bits per heavy atom. The van der Waals surface area contributed by atoms with Crippen molar-refractivity contribution in [2.75, 3.05) is 13.7 Å². The second-order valence-corrected chi connectivity index (χ2v) is 6.27.